The van der Waals surface area contributed by atoms with Crippen LogP contribution in [-0.4, -0.2) is 29.8 Å². The number of hydrogen-bond donors (Lipinski definition) is 1. The number of hydrogen-bond acceptors (Lipinski definition) is 4. The third kappa shape index (κ3) is 2.55. The molecule has 1 aliphatic heterocycles. The highest BCUT2D eigenvalue weighted by Crippen LogP contribution is 2.33. The van der Waals surface area contributed by atoms with Crippen LogP contribution in [0.4, 0.5) is 0 Å². The van der Waals surface area contributed by atoms with Crippen molar-refractivity contribution in [1.29, 1.82) is 0 Å². The minimum Gasteiger partial charge on any atom is -0.481 e. The van der Waals surface area contributed by atoms with Crippen LogP contribution in [0.3, 0.4) is 0 Å². The monoisotopic (exact) mass is 237 g/mol. The van der Waals surface area contributed by atoms with Crippen molar-refractivity contribution in [3.05, 3.63) is 23.9 Å². The van der Waals surface area contributed by atoms with Crippen molar-refractivity contribution in [2.75, 3.05) is 13.7 Å². The van der Waals surface area contributed by atoms with Gasteiger partial charge in [0.2, 0.25) is 5.88 Å². The number of carbonyl (C=O) groups is 1. The number of aromatic nitrogens is 1. The van der Waals surface area contributed by atoms with Crippen LogP contribution in [0, 0.1) is 5.92 Å². The predicted molar refractivity (Wildman–Crippen MR) is 59.8 cm³/mol. The number of rotatable bonds is 3. The minimum absolute atomic E-state index is 0.403. The molecule has 92 valence electrons. The molecule has 0 amide bonds. The van der Waals surface area contributed by atoms with Crippen LogP contribution in [0.5, 0.6) is 5.88 Å². The first-order valence-electron chi connectivity index (χ1n) is 5.56. The van der Waals surface area contributed by atoms with Gasteiger partial charge >= 0.3 is 5.97 Å². The number of ether oxygens (including phenoxy) is 2. The number of carboxylic acids is 1. The highest BCUT2D eigenvalue weighted by atomic mass is 16.5. The van der Waals surface area contributed by atoms with E-state index in [0.29, 0.717) is 18.9 Å². The van der Waals surface area contributed by atoms with E-state index in [-0.39, 0.29) is 0 Å². The molecule has 0 saturated carbocycles. The third-order valence-electron chi connectivity index (χ3n) is 2.94. The van der Waals surface area contributed by atoms with Gasteiger partial charge < -0.3 is 14.6 Å². The first-order valence-corrected chi connectivity index (χ1v) is 5.56. The summed E-state index contributed by atoms with van der Waals surface area (Å²) in [5.74, 6) is -0.791. The third-order valence-corrected chi connectivity index (χ3v) is 2.94. The fourth-order valence-corrected chi connectivity index (χ4v) is 2.04. The van der Waals surface area contributed by atoms with Gasteiger partial charge in [0.1, 0.15) is 0 Å². The molecule has 0 bridgehead atoms. The zero-order valence-corrected chi connectivity index (χ0v) is 9.63. The lowest BCUT2D eigenvalue weighted by Gasteiger charge is -2.28. The summed E-state index contributed by atoms with van der Waals surface area (Å²) in [4.78, 5) is 15.2. The molecule has 0 aliphatic carbocycles. The average Bonchev–Trinajstić information content (AvgIpc) is 2.39. The fourth-order valence-electron chi connectivity index (χ4n) is 2.04. The standard InChI is InChI=1S/C12H15NO4/c1-16-10-5-4-8(7-13-10)11-9(12(14)15)3-2-6-17-11/h4-5,7,9,11H,2-3,6H2,1H3,(H,14,15). The van der Waals surface area contributed by atoms with Crippen molar-refractivity contribution in [2.24, 2.45) is 5.92 Å². The molecule has 1 aliphatic rings. The molecule has 0 spiro atoms. The van der Waals surface area contributed by atoms with Crippen LogP contribution >= 0.6 is 0 Å². The van der Waals surface area contributed by atoms with Gasteiger partial charge in [0.25, 0.3) is 0 Å². The number of pyridine rings is 1. The summed E-state index contributed by atoms with van der Waals surface area (Å²) in [6.07, 6.45) is 2.65. The van der Waals surface area contributed by atoms with Crippen molar-refractivity contribution in [3.8, 4) is 5.88 Å². The lowest BCUT2D eigenvalue weighted by atomic mass is 9.90. The molecule has 2 atom stereocenters. The molecule has 2 heterocycles. The molecule has 5 nitrogen and oxygen atoms in total. The molecule has 0 aromatic carbocycles. The summed E-state index contributed by atoms with van der Waals surface area (Å²) in [7, 11) is 1.54. The lowest BCUT2D eigenvalue weighted by Crippen LogP contribution is -2.28. The lowest BCUT2D eigenvalue weighted by molar-refractivity contribution is -0.151. The summed E-state index contributed by atoms with van der Waals surface area (Å²) in [5.41, 5.74) is 0.790. The quantitative estimate of drug-likeness (QED) is 0.865. The summed E-state index contributed by atoms with van der Waals surface area (Å²) in [6, 6.07) is 3.52. The van der Waals surface area contributed by atoms with Crippen LogP contribution in [0.25, 0.3) is 0 Å². The number of methoxy groups -OCH3 is 1. The first-order chi connectivity index (χ1) is 8.22. The normalized spacial score (nSPS) is 24.3. The van der Waals surface area contributed by atoms with Crippen molar-refractivity contribution >= 4 is 5.97 Å². The highest BCUT2D eigenvalue weighted by molar-refractivity contribution is 5.71. The minimum atomic E-state index is -0.814. The van der Waals surface area contributed by atoms with Crippen molar-refractivity contribution in [2.45, 2.75) is 18.9 Å². The zero-order valence-electron chi connectivity index (χ0n) is 9.63. The van der Waals surface area contributed by atoms with Gasteiger partial charge in [0, 0.05) is 24.4 Å². The SMILES string of the molecule is COc1ccc(C2OCCCC2C(=O)O)cn1. The molecular formula is C12H15NO4. The smallest absolute Gasteiger partial charge is 0.309 e. The molecule has 1 N–H and O–H groups in total. The van der Waals surface area contributed by atoms with Gasteiger partial charge in [-0.15, -0.1) is 0 Å². The van der Waals surface area contributed by atoms with Crippen LogP contribution in [0.2, 0.25) is 0 Å². The second-order valence-corrected chi connectivity index (χ2v) is 4.01. The molecule has 1 fully saturated rings. The maximum Gasteiger partial charge on any atom is 0.309 e. The summed E-state index contributed by atoms with van der Waals surface area (Å²) >= 11 is 0. The van der Waals surface area contributed by atoms with E-state index in [1.807, 2.05) is 0 Å². The Morgan fingerprint density at radius 2 is 2.41 bits per heavy atom. The van der Waals surface area contributed by atoms with Crippen molar-refractivity contribution < 1.29 is 19.4 Å². The Kier molecular flexibility index (Phi) is 3.58. The number of aliphatic carboxylic acids is 1. The van der Waals surface area contributed by atoms with Crippen LogP contribution < -0.4 is 4.74 Å². The maximum atomic E-state index is 11.1. The van der Waals surface area contributed by atoms with Crippen molar-refractivity contribution in [1.82, 2.24) is 4.98 Å². The Bertz CT molecular complexity index is 390. The molecule has 0 radical (unpaired) electrons. The largest absolute Gasteiger partial charge is 0.481 e. The molecule has 17 heavy (non-hydrogen) atoms. The van der Waals surface area contributed by atoms with Gasteiger partial charge in [-0.3, -0.25) is 4.79 Å². The Morgan fingerprint density at radius 1 is 1.59 bits per heavy atom. The summed E-state index contributed by atoms with van der Waals surface area (Å²) in [5, 5.41) is 9.15. The molecule has 1 saturated heterocycles. The molecule has 1 aromatic heterocycles. The zero-order chi connectivity index (χ0) is 12.3. The highest BCUT2D eigenvalue weighted by Gasteiger charge is 2.33. The van der Waals surface area contributed by atoms with Crippen LogP contribution in [0.1, 0.15) is 24.5 Å². The fraction of sp³-hybridized carbons (Fsp3) is 0.500. The van der Waals surface area contributed by atoms with Crippen molar-refractivity contribution in [3.63, 3.8) is 0 Å². The Hall–Kier alpha value is -1.62. The predicted octanol–water partition coefficient (Wildman–Crippen LogP) is 1.64. The van der Waals surface area contributed by atoms with Gasteiger partial charge in [-0.25, -0.2) is 4.98 Å². The van der Waals surface area contributed by atoms with E-state index >= 15 is 0 Å². The second-order valence-electron chi connectivity index (χ2n) is 4.01. The molecular weight excluding hydrogens is 222 g/mol. The Labute approximate surface area is 99.4 Å². The second kappa shape index (κ2) is 5.14. The van der Waals surface area contributed by atoms with Crippen LogP contribution in [-0.2, 0) is 9.53 Å². The topological polar surface area (TPSA) is 68.7 Å². The van der Waals surface area contributed by atoms with E-state index in [2.05, 4.69) is 4.98 Å². The van der Waals surface area contributed by atoms with E-state index in [0.717, 1.165) is 12.0 Å². The maximum absolute atomic E-state index is 11.1. The summed E-state index contributed by atoms with van der Waals surface area (Å²) in [6.45, 7) is 0.598. The molecule has 1 aromatic rings. The Morgan fingerprint density at radius 3 is 3.00 bits per heavy atom. The summed E-state index contributed by atoms with van der Waals surface area (Å²) < 4.78 is 10.5. The van der Waals surface area contributed by atoms with Gasteiger partial charge in [-0.05, 0) is 18.9 Å². The Balaban J connectivity index is 2.20. The molecule has 5 heteroatoms. The molecule has 2 rings (SSSR count). The van der Waals surface area contributed by atoms with Gasteiger partial charge in [0.05, 0.1) is 19.1 Å². The average molecular weight is 237 g/mol. The first kappa shape index (κ1) is 11.9. The van der Waals surface area contributed by atoms with E-state index in [9.17, 15) is 4.79 Å². The number of nitrogens with zero attached hydrogens (tertiary/aromatic N) is 1. The van der Waals surface area contributed by atoms with E-state index in [4.69, 9.17) is 14.6 Å². The van der Waals surface area contributed by atoms with E-state index in [1.165, 1.54) is 0 Å². The molecule has 2 unspecified atom stereocenters. The van der Waals surface area contributed by atoms with E-state index in [1.54, 1.807) is 25.4 Å². The number of carboxylic acid groups (broad SMARTS) is 1. The van der Waals surface area contributed by atoms with E-state index < -0.39 is 18.0 Å². The van der Waals surface area contributed by atoms with Crippen LogP contribution in [0.15, 0.2) is 18.3 Å². The van der Waals surface area contributed by atoms with Gasteiger partial charge in [-0.2, -0.15) is 0 Å². The van der Waals surface area contributed by atoms with Gasteiger partial charge in [0.15, 0.2) is 0 Å². The van der Waals surface area contributed by atoms with Gasteiger partial charge in [-0.1, -0.05) is 0 Å².